The molecule has 0 unspecified atom stereocenters. The molecule has 4 nitrogen and oxygen atoms in total. The molecule has 0 bridgehead atoms. The molecular weight excluding hydrogens is 645 g/mol. The van der Waals surface area contributed by atoms with Gasteiger partial charge in [-0.15, -0.1) is 0 Å². The average molecular weight is 675 g/mol. The fourth-order valence-electron chi connectivity index (χ4n) is 8.00. The van der Waals surface area contributed by atoms with E-state index in [1.54, 1.807) is 0 Å². The van der Waals surface area contributed by atoms with E-state index in [1.807, 2.05) is 0 Å². The first-order valence-corrected chi connectivity index (χ1v) is 17.9. The molecule has 0 saturated heterocycles. The lowest BCUT2D eigenvalue weighted by molar-refractivity contribution is 1.08. The Kier molecular flexibility index (Phi) is 6.52. The Labute approximate surface area is 305 Å². The van der Waals surface area contributed by atoms with Gasteiger partial charge in [0.25, 0.3) is 0 Å². The molecule has 2 aromatic heterocycles. The van der Waals surface area contributed by atoms with Gasteiger partial charge in [-0.2, -0.15) is 0 Å². The van der Waals surface area contributed by atoms with Crippen molar-refractivity contribution in [3.8, 4) is 39.9 Å². The number of hydrogen-bond donors (Lipinski definition) is 0. The maximum Gasteiger partial charge on any atom is 0.164 e. The van der Waals surface area contributed by atoms with Gasteiger partial charge in [-0.25, -0.2) is 15.0 Å². The van der Waals surface area contributed by atoms with Gasteiger partial charge in [-0.1, -0.05) is 146 Å². The van der Waals surface area contributed by atoms with Gasteiger partial charge in [0.1, 0.15) is 0 Å². The number of para-hydroxylation sites is 1. The van der Waals surface area contributed by atoms with Crippen LogP contribution in [0.3, 0.4) is 0 Å². The molecule has 0 radical (unpaired) electrons. The first-order valence-electron chi connectivity index (χ1n) is 17.9. The minimum absolute atomic E-state index is 0.645. The molecule has 246 valence electrons. The Morgan fingerprint density at radius 1 is 0.321 bits per heavy atom. The molecule has 0 aliphatic rings. The van der Waals surface area contributed by atoms with E-state index in [1.165, 1.54) is 32.4 Å². The van der Waals surface area contributed by atoms with Crippen LogP contribution in [-0.4, -0.2) is 19.5 Å². The van der Waals surface area contributed by atoms with Crippen LogP contribution in [0.2, 0.25) is 0 Å². The lowest BCUT2D eigenvalue weighted by Crippen LogP contribution is -2.01. The third kappa shape index (κ3) is 4.80. The largest absolute Gasteiger partial charge is 0.309 e. The van der Waals surface area contributed by atoms with Gasteiger partial charge in [-0.3, -0.25) is 0 Å². The summed E-state index contributed by atoms with van der Waals surface area (Å²) in [5.41, 5.74) is 6.33. The highest BCUT2D eigenvalue weighted by atomic mass is 15.0. The smallest absolute Gasteiger partial charge is 0.164 e. The third-order valence-electron chi connectivity index (χ3n) is 10.6. The molecule has 11 rings (SSSR count). The molecule has 0 N–H and O–H groups in total. The first kappa shape index (κ1) is 29.5. The van der Waals surface area contributed by atoms with Gasteiger partial charge in [0.15, 0.2) is 17.5 Å². The van der Waals surface area contributed by atoms with Crippen LogP contribution in [0.15, 0.2) is 182 Å². The van der Waals surface area contributed by atoms with E-state index in [9.17, 15) is 0 Å². The van der Waals surface area contributed by atoms with Crippen LogP contribution < -0.4 is 0 Å². The number of nitrogens with zero attached hydrogens (tertiary/aromatic N) is 4. The summed E-state index contributed by atoms with van der Waals surface area (Å²) in [4.78, 5) is 15.7. The number of rotatable bonds is 4. The van der Waals surface area contributed by atoms with E-state index in [0.29, 0.717) is 17.5 Å². The highest BCUT2D eigenvalue weighted by molar-refractivity contribution is 6.22. The summed E-state index contributed by atoms with van der Waals surface area (Å²) in [7, 11) is 0. The predicted molar refractivity (Wildman–Crippen MR) is 220 cm³/mol. The molecule has 0 spiro atoms. The Morgan fingerprint density at radius 3 is 1.42 bits per heavy atom. The summed E-state index contributed by atoms with van der Waals surface area (Å²) in [5.74, 6) is 1.94. The number of fused-ring (bicyclic) bond motifs is 8. The second kappa shape index (κ2) is 11.7. The minimum Gasteiger partial charge on any atom is -0.309 e. The summed E-state index contributed by atoms with van der Waals surface area (Å²) < 4.78 is 2.41. The fraction of sp³-hybridized carbons (Fsp3) is 0. The lowest BCUT2D eigenvalue weighted by atomic mass is 9.99. The van der Waals surface area contributed by atoms with E-state index in [0.717, 1.165) is 54.8 Å². The average Bonchev–Trinajstić information content (AvgIpc) is 3.57. The van der Waals surface area contributed by atoms with Crippen LogP contribution >= 0.6 is 0 Å². The van der Waals surface area contributed by atoms with E-state index in [-0.39, 0.29) is 0 Å². The summed E-state index contributed by atoms with van der Waals surface area (Å²) in [6.45, 7) is 0. The van der Waals surface area contributed by atoms with Gasteiger partial charge in [0.2, 0.25) is 0 Å². The lowest BCUT2D eigenvalue weighted by Gasteiger charge is -2.14. The number of aromatic nitrogens is 4. The summed E-state index contributed by atoms with van der Waals surface area (Å²) >= 11 is 0. The van der Waals surface area contributed by atoms with Gasteiger partial charge < -0.3 is 4.57 Å². The Hall–Kier alpha value is -7.17. The van der Waals surface area contributed by atoms with Crippen molar-refractivity contribution in [2.24, 2.45) is 0 Å². The van der Waals surface area contributed by atoms with Crippen LogP contribution in [-0.2, 0) is 0 Å². The van der Waals surface area contributed by atoms with Gasteiger partial charge in [-0.05, 0) is 74.1 Å². The van der Waals surface area contributed by atoms with Crippen molar-refractivity contribution in [1.29, 1.82) is 0 Å². The van der Waals surface area contributed by atoms with Crippen molar-refractivity contribution in [2.45, 2.75) is 0 Å². The number of hydrogen-bond acceptors (Lipinski definition) is 3. The molecule has 53 heavy (non-hydrogen) atoms. The molecule has 4 heteroatoms. The van der Waals surface area contributed by atoms with Gasteiger partial charge >= 0.3 is 0 Å². The molecule has 11 aromatic rings. The summed E-state index contributed by atoms with van der Waals surface area (Å²) in [6, 6.07) is 64.6. The summed E-state index contributed by atoms with van der Waals surface area (Å²) in [5, 5.41) is 11.7. The molecule has 0 saturated carbocycles. The zero-order valence-electron chi connectivity index (χ0n) is 28.6. The predicted octanol–water partition coefficient (Wildman–Crippen LogP) is 12.6. The monoisotopic (exact) mass is 674 g/mol. The Morgan fingerprint density at radius 2 is 0.792 bits per heavy atom. The maximum atomic E-state index is 5.28. The molecule has 0 aliphatic heterocycles. The highest BCUT2D eigenvalue weighted by Gasteiger charge is 2.21. The van der Waals surface area contributed by atoms with Crippen LogP contribution in [0.4, 0.5) is 0 Å². The van der Waals surface area contributed by atoms with Gasteiger partial charge in [0, 0.05) is 38.5 Å². The fourth-order valence-corrected chi connectivity index (χ4v) is 8.00. The van der Waals surface area contributed by atoms with Crippen LogP contribution in [0, 0.1) is 0 Å². The topological polar surface area (TPSA) is 43.6 Å². The van der Waals surface area contributed by atoms with Crippen molar-refractivity contribution in [3.05, 3.63) is 182 Å². The van der Waals surface area contributed by atoms with Crippen LogP contribution in [0.25, 0.3) is 105 Å². The zero-order valence-corrected chi connectivity index (χ0v) is 28.6. The zero-order chi connectivity index (χ0) is 34.9. The molecule has 9 aromatic carbocycles. The van der Waals surface area contributed by atoms with E-state index in [2.05, 4.69) is 187 Å². The van der Waals surface area contributed by atoms with E-state index >= 15 is 0 Å². The second-order valence-electron chi connectivity index (χ2n) is 13.7. The molecule has 0 aliphatic carbocycles. The molecular formula is C49H30N4. The van der Waals surface area contributed by atoms with E-state index in [4.69, 9.17) is 15.0 Å². The minimum atomic E-state index is 0.645. The van der Waals surface area contributed by atoms with E-state index < -0.39 is 0 Å². The SMILES string of the molecule is c1ccc2cc(-c3nc(-c4ccc5ccccc5c4)nc(-c4cc5c6ccccc6n(-c6ccc7ccccc7c6)c5c5ccccc45)n3)ccc2c1. The first-order chi connectivity index (χ1) is 26.2. The van der Waals surface area contributed by atoms with Crippen molar-refractivity contribution >= 4 is 64.9 Å². The Bertz CT molecular complexity index is 3150. The molecule has 0 fully saturated rings. The van der Waals surface area contributed by atoms with Crippen molar-refractivity contribution in [1.82, 2.24) is 19.5 Å². The van der Waals surface area contributed by atoms with Crippen LogP contribution in [0.1, 0.15) is 0 Å². The molecule has 0 amide bonds. The normalized spacial score (nSPS) is 11.8. The number of benzene rings is 9. The summed E-state index contributed by atoms with van der Waals surface area (Å²) in [6.07, 6.45) is 0. The molecule has 2 heterocycles. The standard InChI is InChI=1S/C49H30N4/c1-4-14-34-27-37(23-21-31(34)11-1)47-50-48(38-24-22-32-12-2-5-15-35(32)28-38)52-49(51-47)44-30-43-41-18-9-10-20-45(41)53(46(43)42-19-8-7-17-40(42)44)39-26-25-33-13-3-6-16-36(33)29-39/h1-30H. The van der Waals surface area contributed by atoms with Crippen molar-refractivity contribution in [3.63, 3.8) is 0 Å². The van der Waals surface area contributed by atoms with Crippen molar-refractivity contribution in [2.75, 3.05) is 0 Å². The van der Waals surface area contributed by atoms with Crippen LogP contribution in [0.5, 0.6) is 0 Å². The Balaban J connectivity index is 1.20. The quantitative estimate of drug-likeness (QED) is 0.187. The third-order valence-corrected chi connectivity index (χ3v) is 10.6. The second-order valence-corrected chi connectivity index (χ2v) is 13.7. The highest BCUT2D eigenvalue weighted by Crippen LogP contribution is 2.41. The maximum absolute atomic E-state index is 5.28. The van der Waals surface area contributed by atoms with Crippen molar-refractivity contribution < 1.29 is 0 Å². The van der Waals surface area contributed by atoms with Gasteiger partial charge in [0.05, 0.1) is 11.0 Å². The molecule has 0 atom stereocenters.